The van der Waals surface area contributed by atoms with Gasteiger partial charge in [-0.1, -0.05) is 42.0 Å². The van der Waals surface area contributed by atoms with E-state index in [1.54, 1.807) is 31.4 Å². The lowest BCUT2D eigenvalue weighted by Crippen LogP contribution is -2.00. The predicted octanol–water partition coefficient (Wildman–Crippen LogP) is 6.16. The average molecular weight is 526 g/mol. The zero-order valence-electron chi connectivity index (χ0n) is 17.0. The molecule has 0 heterocycles. The molecule has 0 aliphatic carbocycles. The Balaban J connectivity index is 1.91. The summed E-state index contributed by atoms with van der Waals surface area (Å²) in [5, 5.41) is 20.6. The van der Waals surface area contributed by atoms with Gasteiger partial charge in [0.1, 0.15) is 6.61 Å². The van der Waals surface area contributed by atoms with E-state index in [0.29, 0.717) is 29.2 Å². The van der Waals surface area contributed by atoms with Gasteiger partial charge in [-0.3, -0.25) is 10.1 Å². The molecule has 0 N–H and O–H groups in total. The molecule has 31 heavy (non-hydrogen) atoms. The molecule has 0 atom stereocenters. The zero-order valence-corrected chi connectivity index (χ0v) is 19.1. The second kappa shape index (κ2) is 10.1. The number of benzene rings is 3. The van der Waals surface area contributed by atoms with E-state index in [1.807, 2.05) is 31.2 Å². The van der Waals surface area contributed by atoms with Crippen molar-refractivity contribution in [3.8, 4) is 17.6 Å². The largest absolute Gasteiger partial charge is 0.493 e. The van der Waals surface area contributed by atoms with Gasteiger partial charge in [-0.2, -0.15) is 5.26 Å². The van der Waals surface area contributed by atoms with Crippen LogP contribution in [0.5, 0.6) is 11.5 Å². The van der Waals surface area contributed by atoms with Crippen molar-refractivity contribution in [2.24, 2.45) is 0 Å². The van der Waals surface area contributed by atoms with Gasteiger partial charge in [0.05, 0.1) is 27.2 Å². The highest BCUT2D eigenvalue weighted by Crippen LogP contribution is 2.36. The number of rotatable bonds is 7. The normalized spacial score (nSPS) is 11.0. The molecule has 0 saturated heterocycles. The second-order valence-corrected chi connectivity index (χ2v) is 7.95. The lowest BCUT2D eigenvalue weighted by Gasteiger charge is -2.14. The highest BCUT2D eigenvalue weighted by molar-refractivity contribution is 14.1. The minimum atomic E-state index is -0.481. The number of hydrogen-bond donors (Lipinski definition) is 0. The standard InChI is InChI=1S/C24H19IN2O4/c1-16-5-3-6-17(9-16)15-31-24-22(25)11-18(12-23(24)30-2)10-20(14-26)19-7-4-8-21(13-19)27(28)29/h3-13H,15H2,1-2H3/b20-10-. The van der Waals surface area contributed by atoms with Gasteiger partial charge in [0, 0.05) is 12.1 Å². The first-order valence-corrected chi connectivity index (χ1v) is 10.4. The summed E-state index contributed by atoms with van der Waals surface area (Å²) < 4.78 is 12.4. The van der Waals surface area contributed by atoms with E-state index in [2.05, 4.69) is 34.7 Å². The van der Waals surface area contributed by atoms with Gasteiger partial charge < -0.3 is 9.47 Å². The maximum Gasteiger partial charge on any atom is 0.270 e. The van der Waals surface area contributed by atoms with E-state index in [-0.39, 0.29) is 5.69 Å². The minimum absolute atomic E-state index is 0.0642. The number of halogens is 1. The molecule has 0 spiro atoms. The lowest BCUT2D eigenvalue weighted by molar-refractivity contribution is -0.384. The molecule has 156 valence electrons. The molecule has 0 aliphatic rings. The Kier molecular flexibility index (Phi) is 7.26. The molecule has 0 aliphatic heterocycles. The maximum absolute atomic E-state index is 11.0. The van der Waals surface area contributed by atoms with Crippen LogP contribution in [0, 0.1) is 31.9 Å². The van der Waals surface area contributed by atoms with Crippen LogP contribution in [0.2, 0.25) is 0 Å². The van der Waals surface area contributed by atoms with Crippen LogP contribution in [0.15, 0.2) is 60.7 Å². The minimum Gasteiger partial charge on any atom is -0.493 e. The summed E-state index contributed by atoms with van der Waals surface area (Å²) in [6.07, 6.45) is 1.67. The number of allylic oxidation sites excluding steroid dienone is 1. The summed E-state index contributed by atoms with van der Waals surface area (Å²) in [6.45, 7) is 2.43. The molecule has 0 unspecified atom stereocenters. The van der Waals surface area contributed by atoms with Crippen molar-refractivity contribution in [2.75, 3.05) is 7.11 Å². The Hall–Kier alpha value is -3.38. The van der Waals surface area contributed by atoms with Crippen molar-refractivity contribution >= 4 is 39.9 Å². The smallest absolute Gasteiger partial charge is 0.270 e. The van der Waals surface area contributed by atoms with Gasteiger partial charge >= 0.3 is 0 Å². The fraction of sp³-hybridized carbons (Fsp3) is 0.125. The summed E-state index contributed by atoms with van der Waals surface area (Å²) in [7, 11) is 1.56. The van der Waals surface area contributed by atoms with Crippen molar-refractivity contribution in [3.05, 3.63) is 96.6 Å². The molecule has 6 nitrogen and oxygen atoms in total. The molecular formula is C24H19IN2O4. The molecule has 3 aromatic rings. The Morgan fingerprint density at radius 2 is 1.97 bits per heavy atom. The Morgan fingerprint density at radius 3 is 2.65 bits per heavy atom. The van der Waals surface area contributed by atoms with E-state index in [4.69, 9.17) is 9.47 Å². The van der Waals surface area contributed by atoms with Gasteiger partial charge in [-0.15, -0.1) is 0 Å². The summed E-state index contributed by atoms with van der Waals surface area (Å²) >= 11 is 2.17. The first kappa shape index (κ1) is 22.3. The molecule has 0 aromatic heterocycles. The fourth-order valence-electron chi connectivity index (χ4n) is 3.05. The van der Waals surface area contributed by atoms with E-state index >= 15 is 0 Å². The summed E-state index contributed by atoms with van der Waals surface area (Å²) in [5.74, 6) is 1.16. The maximum atomic E-state index is 11.0. The van der Waals surface area contributed by atoms with Gasteiger partial charge in [-0.05, 0) is 64.4 Å². The molecule has 0 fully saturated rings. The van der Waals surface area contributed by atoms with Crippen molar-refractivity contribution < 1.29 is 14.4 Å². The molecule has 3 aromatic carbocycles. The van der Waals surface area contributed by atoms with Crippen LogP contribution in [0.3, 0.4) is 0 Å². The number of ether oxygens (including phenoxy) is 2. The SMILES string of the molecule is COc1cc(/C=C(/C#N)c2cccc([N+](=O)[O-])c2)cc(I)c1OCc1cccc(C)c1. The van der Waals surface area contributed by atoms with Crippen molar-refractivity contribution in [2.45, 2.75) is 13.5 Å². The number of nitro benzene ring substituents is 1. The number of nitrogens with zero attached hydrogens (tertiary/aromatic N) is 2. The van der Waals surface area contributed by atoms with Crippen molar-refractivity contribution in [1.82, 2.24) is 0 Å². The molecule has 0 amide bonds. The first-order valence-electron chi connectivity index (χ1n) is 9.33. The summed E-state index contributed by atoms with van der Waals surface area (Å²) in [5.41, 5.74) is 3.67. The third kappa shape index (κ3) is 5.61. The van der Waals surface area contributed by atoms with Crippen LogP contribution < -0.4 is 9.47 Å². The number of methoxy groups -OCH3 is 1. The number of nitriles is 1. The molecule has 3 rings (SSSR count). The summed E-state index contributed by atoms with van der Waals surface area (Å²) in [4.78, 5) is 10.6. The van der Waals surface area contributed by atoms with E-state index in [1.165, 1.54) is 12.1 Å². The van der Waals surface area contributed by atoms with Gasteiger partial charge in [0.2, 0.25) is 0 Å². The monoisotopic (exact) mass is 526 g/mol. The van der Waals surface area contributed by atoms with Crippen molar-refractivity contribution in [1.29, 1.82) is 5.26 Å². The topological polar surface area (TPSA) is 85.4 Å². The number of aryl methyl sites for hydroxylation is 1. The Morgan fingerprint density at radius 1 is 1.19 bits per heavy atom. The summed E-state index contributed by atoms with van der Waals surface area (Å²) in [6, 6.07) is 19.9. The predicted molar refractivity (Wildman–Crippen MR) is 128 cm³/mol. The van der Waals surface area contributed by atoms with Crippen LogP contribution in [-0.2, 0) is 6.61 Å². The second-order valence-electron chi connectivity index (χ2n) is 6.79. The average Bonchev–Trinajstić information content (AvgIpc) is 2.76. The first-order chi connectivity index (χ1) is 14.9. The Bertz CT molecular complexity index is 1200. The van der Waals surface area contributed by atoms with Crippen LogP contribution >= 0.6 is 22.6 Å². The van der Waals surface area contributed by atoms with Gasteiger partial charge in [0.15, 0.2) is 11.5 Å². The van der Waals surface area contributed by atoms with E-state index in [0.717, 1.165) is 20.3 Å². The quantitative estimate of drug-likeness (QED) is 0.121. The highest BCUT2D eigenvalue weighted by atomic mass is 127. The van der Waals surface area contributed by atoms with Gasteiger partial charge in [-0.25, -0.2) is 0 Å². The molecule has 0 bridgehead atoms. The third-order valence-electron chi connectivity index (χ3n) is 4.52. The van der Waals surface area contributed by atoms with E-state index in [9.17, 15) is 15.4 Å². The molecule has 0 saturated carbocycles. The third-order valence-corrected chi connectivity index (χ3v) is 5.32. The van der Waals surface area contributed by atoms with Crippen LogP contribution in [0.1, 0.15) is 22.3 Å². The molecule has 7 heteroatoms. The zero-order chi connectivity index (χ0) is 22.4. The van der Waals surface area contributed by atoms with Crippen LogP contribution in [-0.4, -0.2) is 12.0 Å². The van der Waals surface area contributed by atoms with Gasteiger partial charge in [0.25, 0.3) is 5.69 Å². The van der Waals surface area contributed by atoms with Crippen LogP contribution in [0.25, 0.3) is 11.6 Å². The number of nitro groups is 1. The lowest BCUT2D eigenvalue weighted by atomic mass is 10.0. The molecular weight excluding hydrogens is 507 g/mol. The number of hydrogen-bond acceptors (Lipinski definition) is 5. The fourth-order valence-corrected chi connectivity index (χ4v) is 3.84. The van der Waals surface area contributed by atoms with Crippen molar-refractivity contribution in [3.63, 3.8) is 0 Å². The number of non-ortho nitro benzene ring substituents is 1. The van der Waals surface area contributed by atoms with E-state index < -0.39 is 4.92 Å². The van der Waals surface area contributed by atoms with Crippen LogP contribution in [0.4, 0.5) is 5.69 Å². The highest BCUT2D eigenvalue weighted by Gasteiger charge is 2.13. The molecule has 0 radical (unpaired) electrons. The Labute approximate surface area is 194 Å².